The van der Waals surface area contributed by atoms with Gasteiger partial charge in [0.15, 0.2) is 5.82 Å². The molecular formula is C18H14Cl2F4N2. The van der Waals surface area contributed by atoms with Crippen LogP contribution in [0, 0.1) is 5.82 Å². The van der Waals surface area contributed by atoms with Crippen molar-refractivity contribution in [2.24, 2.45) is 5.84 Å². The zero-order valence-corrected chi connectivity index (χ0v) is 14.8. The molecule has 1 atom stereocenters. The van der Waals surface area contributed by atoms with Gasteiger partial charge in [-0.3, -0.25) is 0 Å². The number of rotatable bonds is 3. The third kappa shape index (κ3) is 3.82. The van der Waals surface area contributed by atoms with Gasteiger partial charge < -0.3 is 5.01 Å². The lowest BCUT2D eigenvalue weighted by Crippen LogP contribution is -2.27. The number of nitrogens with two attached hydrogens (primary N) is 1. The van der Waals surface area contributed by atoms with Crippen molar-refractivity contribution in [1.29, 1.82) is 0 Å². The Morgan fingerprint density at radius 1 is 1.12 bits per heavy atom. The molecule has 1 aliphatic rings. The number of allylic oxidation sites excluding steroid dienone is 1. The van der Waals surface area contributed by atoms with Crippen LogP contribution in [-0.4, -0.2) is 12.7 Å². The summed E-state index contributed by atoms with van der Waals surface area (Å²) in [7, 11) is 0. The molecule has 1 heterocycles. The second kappa shape index (κ2) is 7.10. The van der Waals surface area contributed by atoms with Crippen molar-refractivity contribution in [3.05, 3.63) is 69.0 Å². The van der Waals surface area contributed by atoms with Gasteiger partial charge in [0.1, 0.15) is 0 Å². The van der Waals surface area contributed by atoms with Gasteiger partial charge in [-0.2, -0.15) is 13.2 Å². The SMILES string of the molecule is NN1CCc2cc(/C=C/C(c3cc(Cl)c(F)c(Cl)c3)C(F)(F)F)ccc21. The summed E-state index contributed by atoms with van der Waals surface area (Å²) in [6.45, 7) is 0.667. The van der Waals surface area contributed by atoms with Gasteiger partial charge in [0.2, 0.25) is 0 Å². The van der Waals surface area contributed by atoms with E-state index in [0.717, 1.165) is 35.9 Å². The molecule has 0 bridgehead atoms. The minimum absolute atomic E-state index is 0.223. The van der Waals surface area contributed by atoms with Gasteiger partial charge in [0.25, 0.3) is 0 Å². The van der Waals surface area contributed by atoms with E-state index in [1.54, 1.807) is 23.2 Å². The van der Waals surface area contributed by atoms with Crippen molar-refractivity contribution in [1.82, 2.24) is 0 Å². The number of halogens is 6. The van der Waals surface area contributed by atoms with Crippen LogP contribution in [0.1, 0.15) is 22.6 Å². The second-order valence-electron chi connectivity index (χ2n) is 6.01. The summed E-state index contributed by atoms with van der Waals surface area (Å²) < 4.78 is 54.0. The number of hydrogen-bond acceptors (Lipinski definition) is 2. The van der Waals surface area contributed by atoms with Crippen LogP contribution in [0.3, 0.4) is 0 Å². The molecule has 26 heavy (non-hydrogen) atoms. The van der Waals surface area contributed by atoms with Gasteiger partial charge in [-0.15, -0.1) is 0 Å². The quantitative estimate of drug-likeness (QED) is 0.402. The zero-order chi connectivity index (χ0) is 19.1. The first-order valence-corrected chi connectivity index (χ1v) is 8.47. The van der Waals surface area contributed by atoms with Crippen LogP contribution >= 0.6 is 23.2 Å². The number of benzene rings is 2. The van der Waals surface area contributed by atoms with E-state index >= 15 is 0 Å². The van der Waals surface area contributed by atoms with Crippen LogP contribution < -0.4 is 10.9 Å². The molecule has 1 aliphatic heterocycles. The molecule has 0 saturated heterocycles. The first-order valence-electron chi connectivity index (χ1n) is 7.71. The van der Waals surface area contributed by atoms with Crippen LogP contribution in [-0.2, 0) is 6.42 Å². The highest BCUT2D eigenvalue weighted by molar-refractivity contribution is 6.35. The lowest BCUT2D eigenvalue weighted by molar-refractivity contribution is -0.139. The molecule has 2 nitrogen and oxygen atoms in total. The molecule has 3 rings (SSSR count). The van der Waals surface area contributed by atoms with Gasteiger partial charge in [-0.25, -0.2) is 10.2 Å². The lowest BCUT2D eigenvalue weighted by Gasteiger charge is -2.18. The summed E-state index contributed by atoms with van der Waals surface area (Å²) in [6.07, 6.45) is -1.45. The van der Waals surface area contributed by atoms with E-state index in [4.69, 9.17) is 29.0 Å². The summed E-state index contributed by atoms with van der Waals surface area (Å²) in [5.41, 5.74) is 2.24. The molecular weight excluding hydrogens is 391 g/mol. The van der Waals surface area contributed by atoms with Gasteiger partial charge in [0.05, 0.1) is 21.7 Å². The summed E-state index contributed by atoms with van der Waals surface area (Å²) in [4.78, 5) is 0. The van der Waals surface area contributed by atoms with Crippen LogP contribution in [0.2, 0.25) is 10.0 Å². The Labute approximate surface area is 157 Å². The number of anilines is 1. The normalized spacial score (nSPS) is 15.6. The Kier molecular flexibility index (Phi) is 5.19. The zero-order valence-electron chi connectivity index (χ0n) is 13.3. The minimum Gasteiger partial charge on any atom is -0.310 e. The molecule has 0 radical (unpaired) electrons. The monoisotopic (exact) mass is 404 g/mol. The van der Waals surface area contributed by atoms with Crippen LogP contribution in [0.15, 0.2) is 36.4 Å². The van der Waals surface area contributed by atoms with Crippen LogP contribution in [0.25, 0.3) is 6.08 Å². The minimum atomic E-state index is -4.58. The molecule has 2 aromatic rings. The maximum atomic E-state index is 13.5. The first kappa shape index (κ1) is 19.0. The Bertz CT molecular complexity index is 842. The predicted octanol–water partition coefficient (Wildman–Crippen LogP) is 5.73. The summed E-state index contributed by atoms with van der Waals surface area (Å²) >= 11 is 11.3. The van der Waals surface area contributed by atoms with Gasteiger partial charge in [-0.05, 0) is 47.4 Å². The van der Waals surface area contributed by atoms with Gasteiger partial charge in [0, 0.05) is 6.54 Å². The number of alkyl halides is 3. The Balaban J connectivity index is 1.94. The Morgan fingerprint density at radius 3 is 2.38 bits per heavy atom. The number of hydrogen-bond donors (Lipinski definition) is 1. The molecule has 0 amide bonds. The second-order valence-corrected chi connectivity index (χ2v) is 6.82. The first-order chi connectivity index (χ1) is 12.2. The fourth-order valence-corrected chi connectivity index (χ4v) is 3.43. The largest absolute Gasteiger partial charge is 0.399 e. The van der Waals surface area contributed by atoms with E-state index in [2.05, 4.69) is 0 Å². The van der Waals surface area contributed by atoms with Crippen molar-refractivity contribution >= 4 is 35.0 Å². The average Bonchev–Trinajstić information content (AvgIpc) is 2.92. The molecule has 1 unspecified atom stereocenters. The molecule has 138 valence electrons. The van der Waals surface area contributed by atoms with E-state index < -0.39 is 28.0 Å². The Hall–Kier alpha value is -1.76. The highest BCUT2D eigenvalue weighted by atomic mass is 35.5. The van der Waals surface area contributed by atoms with Crippen molar-refractivity contribution in [3.63, 3.8) is 0 Å². The number of hydrazine groups is 1. The maximum absolute atomic E-state index is 13.5. The molecule has 2 N–H and O–H groups in total. The molecule has 0 saturated carbocycles. The van der Waals surface area contributed by atoms with Crippen molar-refractivity contribution in [2.45, 2.75) is 18.5 Å². The van der Waals surface area contributed by atoms with E-state index in [-0.39, 0.29) is 5.56 Å². The van der Waals surface area contributed by atoms with Crippen LogP contribution in [0.5, 0.6) is 0 Å². The van der Waals surface area contributed by atoms with E-state index in [1.165, 1.54) is 6.08 Å². The lowest BCUT2D eigenvalue weighted by atomic mass is 9.96. The molecule has 8 heteroatoms. The summed E-state index contributed by atoms with van der Waals surface area (Å²) in [6, 6.07) is 7.16. The topological polar surface area (TPSA) is 29.3 Å². The number of fused-ring (bicyclic) bond motifs is 1. The van der Waals surface area contributed by atoms with Crippen LogP contribution in [0.4, 0.5) is 23.2 Å². The smallest absolute Gasteiger partial charge is 0.310 e. The van der Waals surface area contributed by atoms with Gasteiger partial charge >= 0.3 is 6.18 Å². The molecule has 0 aliphatic carbocycles. The highest BCUT2D eigenvalue weighted by Gasteiger charge is 2.39. The maximum Gasteiger partial charge on any atom is 0.399 e. The van der Waals surface area contributed by atoms with Gasteiger partial charge in [-0.1, -0.05) is 41.4 Å². The van der Waals surface area contributed by atoms with Crippen molar-refractivity contribution in [3.8, 4) is 0 Å². The third-order valence-electron chi connectivity index (χ3n) is 4.23. The molecule has 0 aromatic heterocycles. The average molecular weight is 405 g/mol. The Morgan fingerprint density at radius 2 is 1.77 bits per heavy atom. The molecule has 0 fully saturated rings. The summed E-state index contributed by atoms with van der Waals surface area (Å²) in [5.74, 6) is 2.90. The van der Waals surface area contributed by atoms with Crippen molar-refractivity contribution in [2.75, 3.05) is 11.6 Å². The third-order valence-corrected chi connectivity index (χ3v) is 4.78. The predicted molar refractivity (Wildman–Crippen MR) is 95.9 cm³/mol. The van der Waals surface area contributed by atoms with Crippen molar-refractivity contribution < 1.29 is 17.6 Å². The highest BCUT2D eigenvalue weighted by Crippen LogP contribution is 2.39. The van der Waals surface area contributed by atoms with E-state index in [9.17, 15) is 17.6 Å². The van der Waals surface area contributed by atoms with E-state index in [1.807, 2.05) is 0 Å². The standard InChI is InChI=1S/C18H14Cl2F4N2/c19-14-8-12(9-15(20)17(14)21)13(18(22,23)24)3-1-10-2-4-16-11(7-10)5-6-26(16)25/h1-4,7-9,13H,5-6,25H2/b3-1+. The van der Waals surface area contributed by atoms with E-state index in [0.29, 0.717) is 12.1 Å². The molecule has 0 spiro atoms. The fraction of sp³-hybridized carbons (Fsp3) is 0.222. The molecule has 2 aromatic carbocycles. The fourth-order valence-electron chi connectivity index (χ4n) is 2.92. The number of nitrogens with zero attached hydrogens (tertiary/aromatic N) is 1. The summed E-state index contributed by atoms with van der Waals surface area (Å²) in [5, 5.41) is 0.704.